The molecule has 118 valence electrons. The van der Waals surface area contributed by atoms with Crippen LogP contribution in [0.2, 0.25) is 0 Å². The summed E-state index contributed by atoms with van der Waals surface area (Å²) in [5.41, 5.74) is 8.20. The number of carbonyl (C=O) groups excluding carboxylic acids is 2. The highest BCUT2D eigenvalue weighted by atomic mass is 32.2. The van der Waals surface area contributed by atoms with Crippen LogP contribution in [0.4, 0.5) is 0 Å². The van der Waals surface area contributed by atoms with E-state index in [9.17, 15) is 14.4 Å². The fourth-order valence-corrected chi connectivity index (χ4v) is 2.77. The van der Waals surface area contributed by atoms with E-state index in [2.05, 4.69) is 10.1 Å². The number of thioether (sulfide) groups is 2. The second-order valence-corrected chi connectivity index (χ2v) is 6.18. The van der Waals surface area contributed by atoms with Gasteiger partial charge in [0, 0.05) is 6.42 Å². The first-order valence-corrected chi connectivity index (χ1v) is 8.89. The smallest absolute Gasteiger partial charge is 0.326 e. The monoisotopic (exact) mass is 333 g/mol. The molecule has 2 atom stereocenters. The first-order chi connectivity index (χ1) is 9.96. The molecule has 0 unspecified atom stereocenters. The third kappa shape index (κ3) is 8.54. The third-order valence-electron chi connectivity index (χ3n) is 2.66. The number of rotatable bonds is 11. The van der Waals surface area contributed by atoms with Crippen molar-refractivity contribution in [1.29, 1.82) is 0 Å². The van der Waals surface area contributed by atoms with E-state index in [0.717, 1.165) is 5.75 Å². The van der Waals surface area contributed by atoms with Crippen molar-refractivity contribution in [2.45, 2.75) is 30.6 Å². The lowest BCUT2D eigenvalue weighted by atomic mass is 10.1. The Labute approximate surface area is 131 Å². The molecule has 0 fully saturated rings. The standard InChI is InChI=1S/C12H19N3O4S2/c1-20-6-5-10(21-2)11(17)15-9(12(18)19)4-3-8(16)7-14-13/h7,9-10H,3-6H2,1-2H3,(H,15,17)(H,18,19)/t9-,10-/m0/s1. The van der Waals surface area contributed by atoms with E-state index in [1.807, 2.05) is 6.26 Å². The predicted molar refractivity (Wildman–Crippen MR) is 83.8 cm³/mol. The molecule has 0 heterocycles. The van der Waals surface area contributed by atoms with Crippen LogP contribution >= 0.6 is 23.5 Å². The number of hydrogen-bond acceptors (Lipinski definition) is 5. The molecule has 9 heteroatoms. The van der Waals surface area contributed by atoms with E-state index in [-0.39, 0.29) is 24.0 Å². The number of nitrogens with zero attached hydrogens (tertiary/aromatic N) is 2. The number of nitrogens with one attached hydrogen (secondary N) is 1. The average molecular weight is 333 g/mol. The van der Waals surface area contributed by atoms with Crippen LogP contribution in [-0.4, -0.2) is 63.3 Å². The Bertz CT molecular complexity index is 425. The van der Waals surface area contributed by atoms with Crippen molar-refractivity contribution in [2.24, 2.45) is 0 Å². The lowest BCUT2D eigenvalue weighted by Crippen LogP contribution is -2.45. The minimum Gasteiger partial charge on any atom is -0.480 e. The van der Waals surface area contributed by atoms with Crippen molar-refractivity contribution < 1.29 is 24.3 Å². The van der Waals surface area contributed by atoms with Crippen molar-refractivity contribution in [3.8, 4) is 0 Å². The molecule has 1 amide bonds. The first kappa shape index (κ1) is 19.7. The molecule has 0 saturated heterocycles. The Balaban J connectivity index is 4.54. The van der Waals surface area contributed by atoms with Gasteiger partial charge in [-0.05, 0) is 31.1 Å². The van der Waals surface area contributed by atoms with Gasteiger partial charge in [-0.1, -0.05) is 0 Å². The lowest BCUT2D eigenvalue weighted by Gasteiger charge is -2.18. The van der Waals surface area contributed by atoms with Crippen LogP contribution in [0, 0.1) is 0 Å². The Morgan fingerprint density at radius 3 is 2.48 bits per heavy atom. The molecule has 0 spiro atoms. The molecule has 21 heavy (non-hydrogen) atoms. The number of aliphatic carboxylic acids is 1. The molecular weight excluding hydrogens is 314 g/mol. The molecule has 0 rings (SSSR count). The summed E-state index contributed by atoms with van der Waals surface area (Å²) in [4.78, 5) is 36.9. The van der Waals surface area contributed by atoms with Crippen molar-refractivity contribution in [2.75, 3.05) is 18.3 Å². The maximum atomic E-state index is 12.0. The van der Waals surface area contributed by atoms with Crippen LogP contribution in [0.3, 0.4) is 0 Å². The second-order valence-electron chi connectivity index (χ2n) is 4.15. The summed E-state index contributed by atoms with van der Waals surface area (Å²) in [6, 6.07) is -1.13. The predicted octanol–water partition coefficient (Wildman–Crippen LogP) is 0.690. The highest BCUT2D eigenvalue weighted by molar-refractivity contribution is 8.00. The van der Waals surface area contributed by atoms with Crippen LogP contribution in [-0.2, 0) is 14.4 Å². The van der Waals surface area contributed by atoms with Crippen molar-refractivity contribution in [3.05, 3.63) is 5.53 Å². The van der Waals surface area contributed by atoms with Crippen molar-refractivity contribution in [3.63, 3.8) is 0 Å². The summed E-state index contributed by atoms with van der Waals surface area (Å²) in [5.74, 6) is -1.22. The van der Waals surface area contributed by atoms with Crippen LogP contribution in [0.1, 0.15) is 19.3 Å². The highest BCUT2D eigenvalue weighted by Crippen LogP contribution is 2.14. The summed E-state index contributed by atoms with van der Waals surface area (Å²) in [6.45, 7) is 0. The van der Waals surface area contributed by atoms with E-state index in [1.54, 1.807) is 18.0 Å². The second kappa shape index (κ2) is 11.4. The summed E-state index contributed by atoms with van der Waals surface area (Å²) in [7, 11) is 0. The minimum absolute atomic E-state index is 0.0461. The van der Waals surface area contributed by atoms with Gasteiger partial charge in [-0.3, -0.25) is 9.59 Å². The quantitative estimate of drug-likeness (QED) is 0.326. The SMILES string of the molecule is CSCC[C@H](SC)C(=O)N[C@@H](CCC(=O)C=[N+]=[N-])C(=O)O. The fraction of sp³-hybridized carbons (Fsp3) is 0.667. The van der Waals surface area contributed by atoms with Gasteiger partial charge < -0.3 is 16.0 Å². The van der Waals surface area contributed by atoms with Crippen LogP contribution in [0.15, 0.2) is 0 Å². The van der Waals surface area contributed by atoms with Gasteiger partial charge in [0.2, 0.25) is 11.7 Å². The molecule has 0 aromatic rings. The maximum Gasteiger partial charge on any atom is 0.326 e. The van der Waals surface area contributed by atoms with E-state index in [1.165, 1.54) is 11.8 Å². The zero-order valence-electron chi connectivity index (χ0n) is 11.9. The van der Waals surface area contributed by atoms with Gasteiger partial charge in [0.15, 0.2) is 0 Å². The van der Waals surface area contributed by atoms with Crippen LogP contribution < -0.4 is 5.32 Å². The Hall–Kier alpha value is -1.31. The van der Waals surface area contributed by atoms with E-state index in [0.29, 0.717) is 12.6 Å². The number of carboxylic acids is 1. The van der Waals surface area contributed by atoms with Crippen molar-refractivity contribution >= 4 is 47.4 Å². The molecule has 7 nitrogen and oxygen atoms in total. The number of Topliss-reactive ketones (excluding diaryl/α,β-unsaturated/α-hetero) is 1. The molecule has 0 aliphatic rings. The molecule has 0 bridgehead atoms. The van der Waals surface area contributed by atoms with Gasteiger partial charge in [0.1, 0.15) is 6.04 Å². The van der Waals surface area contributed by atoms with Gasteiger partial charge in [0.25, 0.3) is 0 Å². The first-order valence-electron chi connectivity index (χ1n) is 6.21. The molecule has 0 radical (unpaired) electrons. The van der Waals surface area contributed by atoms with Gasteiger partial charge in [0.05, 0.1) is 5.25 Å². The zero-order valence-corrected chi connectivity index (χ0v) is 13.6. The van der Waals surface area contributed by atoms with E-state index in [4.69, 9.17) is 10.6 Å². The summed E-state index contributed by atoms with van der Waals surface area (Å²) in [6.07, 6.45) is 4.93. The maximum absolute atomic E-state index is 12.0. The fourth-order valence-electron chi connectivity index (χ4n) is 1.52. The number of carboxylic acid groups (broad SMARTS) is 1. The highest BCUT2D eigenvalue weighted by Gasteiger charge is 2.25. The van der Waals surface area contributed by atoms with Gasteiger partial charge in [-0.15, -0.1) is 0 Å². The topological polar surface area (TPSA) is 120 Å². The Kier molecular flexibility index (Phi) is 10.7. The Morgan fingerprint density at radius 2 is 2.00 bits per heavy atom. The van der Waals surface area contributed by atoms with E-state index < -0.39 is 17.8 Å². The summed E-state index contributed by atoms with van der Waals surface area (Å²) in [5, 5.41) is 11.2. The third-order valence-corrected chi connectivity index (χ3v) is 4.32. The minimum atomic E-state index is -1.19. The molecule has 0 aliphatic carbocycles. The molecule has 2 N–H and O–H groups in total. The molecular formula is C12H19N3O4S2. The van der Waals surface area contributed by atoms with Crippen molar-refractivity contribution in [1.82, 2.24) is 5.32 Å². The van der Waals surface area contributed by atoms with Crippen LogP contribution in [0.5, 0.6) is 0 Å². The van der Waals surface area contributed by atoms with Gasteiger partial charge in [-0.2, -0.15) is 28.3 Å². The molecule has 0 aromatic carbocycles. The number of hydrogen-bond donors (Lipinski definition) is 2. The zero-order chi connectivity index (χ0) is 16.3. The van der Waals surface area contributed by atoms with Crippen LogP contribution in [0.25, 0.3) is 5.53 Å². The molecule has 0 saturated carbocycles. The normalized spacial score (nSPS) is 12.9. The summed E-state index contributed by atoms with van der Waals surface area (Å²) < 4.78 is 0. The number of carbonyl (C=O) groups is 3. The summed E-state index contributed by atoms with van der Waals surface area (Å²) >= 11 is 2.98. The largest absolute Gasteiger partial charge is 0.480 e. The lowest BCUT2D eigenvalue weighted by molar-refractivity contribution is -0.142. The van der Waals surface area contributed by atoms with Gasteiger partial charge >= 0.3 is 12.2 Å². The molecule has 0 aromatic heterocycles. The van der Waals surface area contributed by atoms with E-state index >= 15 is 0 Å². The number of amides is 1. The number of ketones is 1. The average Bonchev–Trinajstić information content (AvgIpc) is 2.44. The molecule has 0 aliphatic heterocycles. The Morgan fingerprint density at radius 1 is 1.33 bits per heavy atom. The van der Waals surface area contributed by atoms with Gasteiger partial charge in [-0.25, -0.2) is 4.79 Å².